The molecule has 0 bridgehead atoms. The molecule has 2 fully saturated rings. The normalized spacial score (nSPS) is 17.7. The monoisotopic (exact) mass is 484 g/mol. The van der Waals surface area contributed by atoms with E-state index in [0.717, 1.165) is 25.9 Å². The zero-order valence-corrected chi connectivity index (χ0v) is 19.0. The van der Waals surface area contributed by atoms with Gasteiger partial charge in [-0.05, 0) is 43.2 Å². The van der Waals surface area contributed by atoms with E-state index in [4.69, 9.17) is 32.7 Å². The Morgan fingerprint density at radius 1 is 1.00 bits per heavy atom. The van der Waals surface area contributed by atoms with E-state index in [-0.39, 0.29) is 39.3 Å². The maximum absolute atomic E-state index is 13.1. The topological polar surface area (TPSA) is 76.2 Å². The van der Waals surface area contributed by atoms with Gasteiger partial charge in [0.15, 0.2) is 5.75 Å². The van der Waals surface area contributed by atoms with Crippen LogP contribution in [0.15, 0.2) is 41.3 Å². The molecule has 166 valence electrons. The number of ether oxygens (including phenoxy) is 2. The van der Waals surface area contributed by atoms with Gasteiger partial charge in [-0.25, -0.2) is 13.2 Å². The first-order valence-electron chi connectivity index (χ1n) is 10.0. The molecule has 2 aliphatic rings. The van der Waals surface area contributed by atoms with E-state index in [1.165, 1.54) is 16.4 Å². The molecule has 2 aromatic carbocycles. The molecule has 0 spiro atoms. The minimum Gasteiger partial charge on any atom is -0.421 e. The van der Waals surface area contributed by atoms with Gasteiger partial charge >= 0.3 is 5.97 Å². The Morgan fingerprint density at radius 3 is 2.42 bits per heavy atom. The number of morpholine rings is 1. The molecule has 7 nitrogen and oxygen atoms in total. The molecule has 0 radical (unpaired) electrons. The van der Waals surface area contributed by atoms with E-state index >= 15 is 0 Å². The summed E-state index contributed by atoms with van der Waals surface area (Å²) in [6, 6.07) is 9.36. The van der Waals surface area contributed by atoms with Gasteiger partial charge in [0.2, 0.25) is 10.0 Å². The van der Waals surface area contributed by atoms with Crippen LogP contribution in [0.4, 0.5) is 5.69 Å². The fraction of sp³-hybridized carbons (Fsp3) is 0.381. The van der Waals surface area contributed by atoms with Crippen molar-refractivity contribution in [1.29, 1.82) is 0 Å². The highest BCUT2D eigenvalue weighted by atomic mass is 35.5. The molecule has 0 amide bonds. The van der Waals surface area contributed by atoms with Gasteiger partial charge in [0.1, 0.15) is 5.02 Å². The first-order chi connectivity index (χ1) is 14.9. The van der Waals surface area contributed by atoms with Crippen LogP contribution >= 0.6 is 23.2 Å². The minimum absolute atomic E-state index is 0.0430. The fourth-order valence-corrected chi connectivity index (χ4v) is 5.49. The Kier molecular flexibility index (Phi) is 6.74. The average molecular weight is 485 g/mol. The van der Waals surface area contributed by atoms with E-state index in [1.54, 1.807) is 24.3 Å². The fourth-order valence-electron chi connectivity index (χ4n) is 3.73. The summed E-state index contributed by atoms with van der Waals surface area (Å²) in [7, 11) is -3.77. The van der Waals surface area contributed by atoms with Crippen LogP contribution in [0.3, 0.4) is 0 Å². The summed E-state index contributed by atoms with van der Waals surface area (Å²) < 4.78 is 38.4. The smallest absolute Gasteiger partial charge is 0.345 e. The number of benzene rings is 2. The van der Waals surface area contributed by atoms with E-state index in [0.29, 0.717) is 18.9 Å². The van der Waals surface area contributed by atoms with Gasteiger partial charge in [-0.3, -0.25) is 0 Å². The highest BCUT2D eigenvalue weighted by molar-refractivity contribution is 7.89. The molecule has 10 heteroatoms. The Labute approximate surface area is 191 Å². The standard InChI is InChI=1S/C21H22Cl2N2O5S/c22-17-4-3-5-19(20(17)23)30-21(26)16-14-15(6-7-18(16)24-8-1-2-9-24)31(27,28)25-10-12-29-13-11-25/h3-7,14H,1-2,8-13H2. The van der Waals surface area contributed by atoms with Crippen LogP contribution in [0.1, 0.15) is 23.2 Å². The van der Waals surface area contributed by atoms with Crippen molar-refractivity contribution in [2.45, 2.75) is 17.7 Å². The Morgan fingerprint density at radius 2 is 1.71 bits per heavy atom. The lowest BCUT2D eigenvalue weighted by molar-refractivity contribution is 0.0727. The van der Waals surface area contributed by atoms with Gasteiger partial charge in [-0.15, -0.1) is 0 Å². The van der Waals surface area contributed by atoms with Crippen LogP contribution in [0.5, 0.6) is 5.75 Å². The highest BCUT2D eigenvalue weighted by Gasteiger charge is 2.29. The van der Waals surface area contributed by atoms with Gasteiger partial charge in [-0.2, -0.15) is 4.31 Å². The van der Waals surface area contributed by atoms with Crippen molar-refractivity contribution < 1.29 is 22.7 Å². The lowest BCUT2D eigenvalue weighted by Gasteiger charge is -2.27. The number of rotatable bonds is 5. The summed E-state index contributed by atoms with van der Waals surface area (Å²) in [5.74, 6) is -0.571. The largest absolute Gasteiger partial charge is 0.421 e. The zero-order chi connectivity index (χ0) is 22.0. The average Bonchev–Trinajstić information content (AvgIpc) is 3.32. The number of halogens is 2. The van der Waals surface area contributed by atoms with E-state index < -0.39 is 16.0 Å². The number of sulfonamides is 1. The van der Waals surface area contributed by atoms with Crippen molar-refractivity contribution in [3.8, 4) is 5.75 Å². The first-order valence-corrected chi connectivity index (χ1v) is 12.2. The van der Waals surface area contributed by atoms with Crippen LogP contribution in [0, 0.1) is 0 Å². The third-order valence-electron chi connectivity index (χ3n) is 5.36. The van der Waals surface area contributed by atoms with Gasteiger partial charge in [0, 0.05) is 26.2 Å². The van der Waals surface area contributed by atoms with Crippen molar-refractivity contribution in [2.75, 3.05) is 44.3 Å². The molecule has 0 aliphatic carbocycles. The lowest BCUT2D eigenvalue weighted by Crippen LogP contribution is -2.40. The van der Waals surface area contributed by atoms with Crippen molar-refractivity contribution >= 4 is 44.9 Å². The van der Waals surface area contributed by atoms with Crippen LogP contribution in [0.2, 0.25) is 10.0 Å². The number of carbonyl (C=O) groups excluding carboxylic acids is 1. The van der Waals surface area contributed by atoms with Gasteiger partial charge in [0.05, 0.1) is 34.4 Å². The van der Waals surface area contributed by atoms with Crippen molar-refractivity contribution in [3.05, 3.63) is 52.0 Å². The number of hydrogen-bond donors (Lipinski definition) is 0. The molecule has 2 aromatic rings. The zero-order valence-electron chi connectivity index (χ0n) is 16.7. The maximum Gasteiger partial charge on any atom is 0.345 e. The molecule has 2 heterocycles. The molecular formula is C21H22Cl2N2O5S. The van der Waals surface area contributed by atoms with Crippen LogP contribution < -0.4 is 9.64 Å². The first kappa shape index (κ1) is 22.4. The summed E-state index contributed by atoms with van der Waals surface area (Å²) in [5, 5.41) is 0.382. The SMILES string of the molecule is O=C(Oc1cccc(Cl)c1Cl)c1cc(S(=O)(=O)N2CCOCC2)ccc1N1CCCC1. The van der Waals surface area contributed by atoms with E-state index in [1.807, 2.05) is 0 Å². The molecule has 0 saturated carbocycles. The van der Waals surface area contributed by atoms with Gasteiger partial charge in [-0.1, -0.05) is 29.3 Å². The molecule has 2 aliphatic heterocycles. The number of carbonyl (C=O) groups is 1. The van der Waals surface area contributed by atoms with Crippen LogP contribution in [0.25, 0.3) is 0 Å². The quantitative estimate of drug-likeness (QED) is 0.474. The molecule has 2 saturated heterocycles. The summed E-state index contributed by atoms with van der Waals surface area (Å²) in [4.78, 5) is 15.2. The third kappa shape index (κ3) is 4.68. The van der Waals surface area contributed by atoms with Crippen molar-refractivity contribution in [2.24, 2.45) is 0 Å². The van der Waals surface area contributed by atoms with Gasteiger partial charge in [0.25, 0.3) is 0 Å². The highest BCUT2D eigenvalue weighted by Crippen LogP contribution is 2.34. The van der Waals surface area contributed by atoms with E-state index in [2.05, 4.69) is 4.90 Å². The Balaban J connectivity index is 1.71. The number of hydrogen-bond acceptors (Lipinski definition) is 6. The molecule has 0 atom stereocenters. The summed E-state index contributed by atoms with van der Waals surface area (Å²) in [6.45, 7) is 2.80. The molecule has 4 rings (SSSR count). The van der Waals surface area contributed by atoms with E-state index in [9.17, 15) is 13.2 Å². The minimum atomic E-state index is -3.77. The second kappa shape index (κ2) is 9.34. The second-order valence-electron chi connectivity index (χ2n) is 7.33. The molecule has 0 aromatic heterocycles. The van der Waals surface area contributed by atoms with Crippen LogP contribution in [-0.2, 0) is 14.8 Å². The van der Waals surface area contributed by atoms with Crippen molar-refractivity contribution in [3.63, 3.8) is 0 Å². The van der Waals surface area contributed by atoms with Crippen LogP contribution in [-0.4, -0.2) is 58.1 Å². The summed E-state index contributed by atoms with van der Waals surface area (Å²) in [5.41, 5.74) is 0.814. The molecular weight excluding hydrogens is 463 g/mol. The maximum atomic E-state index is 13.1. The number of esters is 1. The second-order valence-corrected chi connectivity index (χ2v) is 10.1. The summed E-state index contributed by atoms with van der Waals surface area (Å²) >= 11 is 12.2. The third-order valence-corrected chi connectivity index (χ3v) is 8.06. The van der Waals surface area contributed by atoms with Crippen molar-refractivity contribution in [1.82, 2.24) is 4.31 Å². The number of nitrogens with zero attached hydrogens (tertiary/aromatic N) is 2. The summed E-state index contributed by atoms with van der Waals surface area (Å²) in [6.07, 6.45) is 2.00. The number of anilines is 1. The predicted octanol–water partition coefficient (Wildman–Crippen LogP) is 3.83. The Bertz CT molecular complexity index is 1080. The predicted molar refractivity (Wildman–Crippen MR) is 119 cm³/mol. The molecule has 0 unspecified atom stereocenters. The molecule has 31 heavy (non-hydrogen) atoms. The Hall–Kier alpha value is -1.84. The van der Waals surface area contributed by atoms with Gasteiger partial charge < -0.3 is 14.4 Å². The molecule has 0 N–H and O–H groups in total. The lowest BCUT2D eigenvalue weighted by atomic mass is 10.1.